The van der Waals surface area contributed by atoms with Gasteiger partial charge in [0, 0.05) is 23.7 Å². The van der Waals surface area contributed by atoms with Gasteiger partial charge < -0.3 is 9.64 Å². The Labute approximate surface area is 155 Å². The lowest BCUT2D eigenvalue weighted by Crippen LogP contribution is -2.44. The first-order chi connectivity index (χ1) is 12.2. The number of hydrogen-bond acceptors (Lipinski definition) is 6. The van der Waals surface area contributed by atoms with Gasteiger partial charge in [-0.25, -0.2) is 4.98 Å². The number of aromatic nitrogens is 3. The minimum Gasteiger partial charge on any atom is -0.377 e. The van der Waals surface area contributed by atoms with Crippen molar-refractivity contribution in [2.45, 2.75) is 13.0 Å². The lowest BCUT2D eigenvalue weighted by Gasteiger charge is -2.34. The van der Waals surface area contributed by atoms with Crippen molar-refractivity contribution in [3.63, 3.8) is 0 Å². The minimum atomic E-state index is 0.262. The molecule has 0 aromatic carbocycles. The lowest BCUT2D eigenvalue weighted by atomic mass is 10.2. The number of ether oxygens (including phenoxy) is 1. The number of fused-ring (bicyclic) bond motifs is 1. The first-order valence-corrected chi connectivity index (χ1v) is 9.36. The largest absolute Gasteiger partial charge is 0.377 e. The number of hydrogen-bond donors (Lipinski definition) is 0. The van der Waals surface area contributed by atoms with E-state index in [1.54, 1.807) is 17.5 Å². The Bertz CT molecular complexity index is 912. The fourth-order valence-electron chi connectivity index (χ4n) is 2.90. The van der Waals surface area contributed by atoms with E-state index in [1.165, 1.54) is 0 Å². The van der Waals surface area contributed by atoms with Crippen molar-refractivity contribution < 1.29 is 4.74 Å². The van der Waals surface area contributed by atoms with E-state index in [1.807, 2.05) is 30.4 Å². The predicted octanol–water partition coefficient (Wildman–Crippen LogP) is 4.14. The zero-order valence-electron chi connectivity index (χ0n) is 13.7. The summed E-state index contributed by atoms with van der Waals surface area (Å²) >= 11 is 7.87. The summed E-state index contributed by atoms with van der Waals surface area (Å²) in [5.74, 6) is 0.897. The van der Waals surface area contributed by atoms with Gasteiger partial charge in [0.2, 0.25) is 5.28 Å². The second-order valence-corrected chi connectivity index (χ2v) is 7.11. The molecule has 0 bridgehead atoms. The van der Waals surface area contributed by atoms with Crippen LogP contribution in [-0.2, 0) is 4.74 Å². The normalized spacial score (nSPS) is 18.3. The summed E-state index contributed by atoms with van der Waals surface area (Å²) in [5, 5.41) is 2.36. The third-order valence-corrected chi connectivity index (χ3v) is 5.31. The molecular weight excluding hydrogens is 356 g/mol. The summed E-state index contributed by atoms with van der Waals surface area (Å²) in [6.07, 6.45) is 5.79. The van der Waals surface area contributed by atoms with Crippen molar-refractivity contribution in [3.8, 4) is 0 Å². The quantitative estimate of drug-likeness (QED) is 0.647. The molecule has 0 radical (unpaired) electrons. The molecule has 0 unspecified atom stereocenters. The smallest absolute Gasteiger partial charge is 0.224 e. The third-order valence-electron chi connectivity index (χ3n) is 4.16. The highest BCUT2D eigenvalue weighted by Gasteiger charge is 2.24. The maximum Gasteiger partial charge on any atom is 0.224 e. The van der Waals surface area contributed by atoms with Crippen LogP contribution in [0.5, 0.6) is 0 Å². The summed E-state index contributed by atoms with van der Waals surface area (Å²) in [6.45, 7) is 4.34. The van der Waals surface area contributed by atoms with Crippen LogP contribution in [-0.4, -0.2) is 40.8 Å². The predicted molar refractivity (Wildman–Crippen MR) is 103 cm³/mol. The minimum absolute atomic E-state index is 0.262. The SMILES string of the molecule is C[C@@H]1COCCN1c1nc(Cl)nc2c(/C=C/c3ccccn3)csc12. The van der Waals surface area contributed by atoms with Crippen LogP contribution in [0.3, 0.4) is 0 Å². The van der Waals surface area contributed by atoms with Gasteiger partial charge >= 0.3 is 0 Å². The molecule has 4 rings (SSSR count). The Balaban J connectivity index is 1.75. The molecule has 0 N–H and O–H groups in total. The van der Waals surface area contributed by atoms with Crippen LogP contribution in [0.4, 0.5) is 5.82 Å². The molecule has 7 heteroatoms. The van der Waals surface area contributed by atoms with Crippen LogP contribution in [0, 0.1) is 0 Å². The van der Waals surface area contributed by atoms with Crippen molar-refractivity contribution in [2.75, 3.05) is 24.7 Å². The number of anilines is 1. The van der Waals surface area contributed by atoms with Gasteiger partial charge in [-0.15, -0.1) is 11.3 Å². The first-order valence-electron chi connectivity index (χ1n) is 8.10. The number of rotatable bonds is 3. The molecule has 4 heterocycles. The molecule has 1 atom stereocenters. The number of morpholine rings is 1. The van der Waals surface area contributed by atoms with E-state index < -0.39 is 0 Å². The zero-order chi connectivity index (χ0) is 17.2. The molecule has 0 saturated carbocycles. The van der Waals surface area contributed by atoms with E-state index in [0.29, 0.717) is 13.2 Å². The average molecular weight is 373 g/mol. The molecule has 1 saturated heterocycles. The van der Waals surface area contributed by atoms with Crippen molar-refractivity contribution in [2.24, 2.45) is 0 Å². The van der Waals surface area contributed by atoms with E-state index in [9.17, 15) is 0 Å². The second kappa shape index (κ2) is 7.07. The fraction of sp³-hybridized carbons (Fsp3) is 0.278. The highest BCUT2D eigenvalue weighted by atomic mass is 35.5. The molecule has 25 heavy (non-hydrogen) atoms. The summed E-state index contributed by atoms with van der Waals surface area (Å²) in [4.78, 5) is 15.5. The maximum absolute atomic E-state index is 6.22. The second-order valence-electron chi connectivity index (χ2n) is 5.89. The zero-order valence-corrected chi connectivity index (χ0v) is 15.3. The maximum atomic E-state index is 6.22. The van der Waals surface area contributed by atoms with Crippen molar-refractivity contribution in [1.82, 2.24) is 15.0 Å². The first kappa shape index (κ1) is 16.4. The van der Waals surface area contributed by atoms with E-state index in [0.717, 1.165) is 33.8 Å². The van der Waals surface area contributed by atoms with Crippen LogP contribution in [0.25, 0.3) is 22.4 Å². The fourth-order valence-corrected chi connectivity index (χ4v) is 4.04. The van der Waals surface area contributed by atoms with Crippen LogP contribution < -0.4 is 4.90 Å². The van der Waals surface area contributed by atoms with Crippen LogP contribution in [0.15, 0.2) is 29.8 Å². The van der Waals surface area contributed by atoms with Crippen LogP contribution >= 0.6 is 22.9 Å². The average Bonchev–Trinajstić information content (AvgIpc) is 3.03. The van der Waals surface area contributed by atoms with Gasteiger partial charge in [-0.3, -0.25) is 4.98 Å². The molecule has 1 aliphatic rings. The topological polar surface area (TPSA) is 51.1 Å². The van der Waals surface area contributed by atoms with E-state index in [-0.39, 0.29) is 11.3 Å². The molecule has 1 aliphatic heterocycles. The van der Waals surface area contributed by atoms with Gasteiger partial charge in [0.05, 0.1) is 35.2 Å². The van der Waals surface area contributed by atoms with Gasteiger partial charge in [-0.05, 0) is 42.8 Å². The molecule has 3 aromatic rings. The van der Waals surface area contributed by atoms with Crippen LogP contribution in [0.1, 0.15) is 18.2 Å². The summed E-state index contributed by atoms with van der Waals surface area (Å²) in [5.41, 5.74) is 2.81. The molecule has 128 valence electrons. The molecule has 0 amide bonds. The van der Waals surface area contributed by atoms with Crippen molar-refractivity contribution >= 4 is 51.1 Å². The van der Waals surface area contributed by atoms with Gasteiger partial charge in [0.25, 0.3) is 0 Å². The van der Waals surface area contributed by atoms with E-state index >= 15 is 0 Å². The highest BCUT2D eigenvalue weighted by Crippen LogP contribution is 2.35. The lowest BCUT2D eigenvalue weighted by molar-refractivity contribution is 0.0987. The van der Waals surface area contributed by atoms with Gasteiger partial charge in [0.15, 0.2) is 5.82 Å². The highest BCUT2D eigenvalue weighted by molar-refractivity contribution is 7.18. The Morgan fingerprint density at radius 3 is 3.04 bits per heavy atom. The molecule has 0 spiro atoms. The van der Waals surface area contributed by atoms with Gasteiger partial charge in [0.1, 0.15) is 0 Å². The Hall–Kier alpha value is -2.02. The van der Waals surface area contributed by atoms with Crippen molar-refractivity contribution in [1.29, 1.82) is 0 Å². The summed E-state index contributed by atoms with van der Waals surface area (Å²) < 4.78 is 6.59. The molecular formula is C18H17ClN4OS. The standard InChI is InChI=1S/C18H17ClN4OS/c1-12-10-24-9-8-23(12)17-16-15(21-18(19)22-17)13(11-25-16)5-6-14-4-2-3-7-20-14/h2-7,11-12H,8-10H2,1H3/b6-5+/t12-/m1/s1. The molecule has 1 fully saturated rings. The summed E-state index contributed by atoms with van der Waals surface area (Å²) in [7, 11) is 0. The van der Waals surface area contributed by atoms with Gasteiger partial charge in [-0.2, -0.15) is 4.98 Å². The van der Waals surface area contributed by atoms with Crippen molar-refractivity contribution in [3.05, 3.63) is 46.3 Å². The van der Waals surface area contributed by atoms with E-state index in [2.05, 4.69) is 32.2 Å². The number of nitrogens with zero attached hydrogens (tertiary/aromatic N) is 4. The van der Waals surface area contributed by atoms with Crippen LogP contribution in [0.2, 0.25) is 5.28 Å². The number of thiophene rings is 1. The summed E-state index contributed by atoms with van der Waals surface area (Å²) in [6, 6.07) is 6.10. The Morgan fingerprint density at radius 2 is 2.24 bits per heavy atom. The number of halogens is 1. The van der Waals surface area contributed by atoms with E-state index in [4.69, 9.17) is 16.3 Å². The Kier molecular flexibility index (Phi) is 4.65. The monoisotopic (exact) mass is 372 g/mol. The number of pyridine rings is 1. The molecule has 3 aromatic heterocycles. The third kappa shape index (κ3) is 3.38. The Morgan fingerprint density at radius 1 is 1.32 bits per heavy atom. The molecule has 5 nitrogen and oxygen atoms in total. The molecule has 0 aliphatic carbocycles. The van der Waals surface area contributed by atoms with Gasteiger partial charge in [-0.1, -0.05) is 6.07 Å².